The highest BCUT2D eigenvalue weighted by Gasteiger charge is 2.23. The molecule has 6 nitrogen and oxygen atoms in total. The molecule has 0 spiro atoms. The number of rotatable bonds is 1. The highest BCUT2D eigenvalue weighted by molar-refractivity contribution is 5.99. The molecular weight excluding hydrogens is 232 g/mol. The summed E-state index contributed by atoms with van der Waals surface area (Å²) in [5.74, 6) is 0.929. The zero-order valence-electron chi connectivity index (χ0n) is 10.0. The number of nitrogens with one attached hydrogen (secondary N) is 3. The quantitative estimate of drug-likeness (QED) is 0.680. The van der Waals surface area contributed by atoms with Crippen molar-refractivity contribution in [3.63, 3.8) is 0 Å². The molecule has 6 heteroatoms. The normalized spacial score (nSPS) is 17.9. The van der Waals surface area contributed by atoms with Crippen molar-refractivity contribution in [1.29, 1.82) is 5.41 Å². The second kappa shape index (κ2) is 3.90. The number of fused-ring (bicyclic) bond motifs is 1. The molecule has 0 unspecified atom stereocenters. The molecule has 0 bridgehead atoms. The molecule has 0 aliphatic carbocycles. The smallest absolute Gasteiger partial charge is 0.262 e. The molecule has 2 aliphatic heterocycles. The summed E-state index contributed by atoms with van der Waals surface area (Å²) in [6.07, 6.45) is 0. The summed E-state index contributed by atoms with van der Waals surface area (Å²) in [6, 6.07) is 3.76. The van der Waals surface area contributed by atoms with Gasteiger partial charge in [0, 0.05) is 19.2 Å². The van der Waals surface area contributed by atoms with E-state index < -0.39 is 0 Å². The number of benzene rings is 1. The molecule has 1 aromatic carbocycles. The van der Waals surface area contributed by atoms with Gasteiger partial charge in [0.05, 0.1) is 11.4 Å². The fraction of sp³-hybridized carbons (Fsp3) is 0.333. The maximum atomic E-state index is 11.2. The lowest BCUT2D eigenvalue weighted by Crippen LogP contribution is -2.30. The van der Waals surface area contributed by atoms with E-state index in [1.807, 2.05) is 24.0 Å². The second-order valence-corrected chi connectivity index (χ2v) is 4.40. The summed E-state index contributed by atoms with van der Waals surface area (Å²) in [4.78, 5) is 13.1. The third-order valence-corrected chi connectivity index (χ3v) is 3.12. The van der Waals surface area contributed by atoms with E-state index in [1.165, 1.54) is 0 Å². The number of ether oxygens (including phenoxy) is 1. The lowest BCUT2D eigenvalue weighted by Gasteiger charge is -2.24. The van der Waals surface area contributed by atoms with Gasteiger partial charge in [-0.05, 0) is 18.6 Å². The van der Waals surface area contributed by atoms with Crippen molar-refractivity contribution < 1.29 is 9.53 Å². The van der Waals surface area contributed by atoms with E-state index in [-0.39, 0.29) is 12.5 Å². The Balaban J connectivity index is 2.01. The Hall–Kier alpha value is -2.24. The molecule has 0 saturated carbocycles. The largest absolute Gasteiger partial charge is 0.482 e. The molecule has 2 aliphatic rings. The van der Waals surface area contributed by atoms with Crippen LogP contribution in [0.2, 0.25) is 0 Å². The Labute approximate surface area is 104 Å². The Morgan fingerprint density at radius 1 is 1.44 bits per heavy atom. The van der Waals surface area contributed by atoms with Gasteiger partial charge in [0.1, 0.15) is 5.75 Å². The van der Waals surface area contributed by atoms with Crippen molar-refractivity contribution in [3.05, 3.63) is 17.7 Å². The number of guanidine groups is 1. The van der Waals surface area contributed by atoms with Crippen LogP contribution >= 0.6 is 0 Å². The minimum atomic E-state index is -0.134. The van der Waals surface area contributed by atoms with Crippen molar-refractivity contribution in [1.82, 2.24) is 5.32 Å². The molecule has 1 amide bonds. The molecule has 18 heavy (non-hydrogen) atoms. The van der Waals surface area contributed by atoms with Gasteiger partial charge in [0.15, 0.2) is 12.6 Å². The van der Waals surface area contributed by atoms with Gasteiger partial charge in [0.2, 0.25) is 0 Å². The third kappa shape index (κ3) is 1.66. The van der Waals surface area contributed by atoms with E-state index in [9.17, 15) is 4.79 Å². The molecule has 1 aromatic rings. The van der Waals surface area contributed by atoms with E-state index >= 15 is 0 Å². The van der Waals surface area contributed by atoms with E-state index in [1.54, 1.807) is 0 Å². The molecule has 3 N–H and O–H groups in total. The monoisotopic (exact) mass is 246 g/mol. The van der Waals surface area contributed by atoms with E-state index in [0.717, 1.165) is 24.3 Å². The summed E-state index contributed by atoms with van der Waals surface area (Å²) in [7, 11) is 0. The molecule has 1 saturated heterocycles. The zero-order valence-corrected chi connectivity index (χ0v) is 10.0. The number of aryl methyl sites for hydroxylation is 1. The fourth-order valence-corrected chi connectivity index (χ4v) is 2.25. The maximum Gasteiger partial charge on any atom is 0.262 e. The minimum absolute atomic E-state index is 0.0468. The number of amides is 1. The van der Waals surface area contributed by atoms with Crippen molar-refractivity contribution >= 4 is 23.2 Å². The van der Waals surface area contributed by atoms with Crippen LogP contribution in [0.4, 0.5) is 11.4 Å². The zero-order chi connectivity index (χ0) is 12.7. The number of nitrogens with zero attached hydrogens (tertiary/aromatic N) is 1. The molecule has 0 aromatic heterocycles. The summed E-state index contributed by atoms with van der Waals surface area (Å²) < 4.78 is 5.40. The topological polar surface area (TPSA) is 77.5 Å². The summed E-state index contributed by atoms with van der Waals surface area (Å²) >= 11 is 0. The first kappa shape index (κ1) is 10.9. The van der Waals surface area contributed by atoms with Crippen LogP contribution in [0.15, 0.2) is 12.1 Å². The predicted molar refractivity (Wildman–Crippen MR) is 68.4 cm³/mol. The van der Waals surface area contributed by atoms with Gasteiger partial charge in [-0.2, -0.15) is 0 Å². The first-order chi connectivity index (χ1) is 8.65. The van der Waals surface area contributed by atoms with E-state index in [2.05, 4.69) is 10.6 Å². The second-order valence-electron chi connectivity index (χ2n) is 4.40. The van der Waals surface area contributed by atoms with Gasteiger partial charge in [0.25, 0.3) is 5.91 Å². The number of carbonyl (C=O) groups is 1. The van der Waals surface area contributed by atoms with Crippen LogP contribution in [-0.2, 0) is 4.79 Å². The lowest BCUT2D eigenvalue weighted by molar-refractivity contribution is -0.118. The average Bonchev–Trinajstić information content (AvgIpc) is 2.74. The highest BCUT2D eigenvalue weighted by Crippen LogP contribution is 2.35. The Bertz CT molecular complexity index is 541. The molecule has 94 valence electrons. The van der Waals surface area contributed by atoms with Crippen LogP contribution in [0.5, 0.6) is 5.75 Å². The van der Waals surface area contributed by atoms with Gasteiger partial charge < -0.3 is 20.3 Å². The van der Waals surface area contributed by atoms with E-state index in [4.69, 9.17) is 10.1 Å². The Kier molecular flexibility index (Phi) is 2.36. The van der Waals surface area contributed by atoms with Crippen molar-refractivity contribution in [2.24, 2.45) is 0 Å². The van der Waals surface area contributed by atoms with Crippen LogP contribution in [0, 0.1) is 12.3 Å². The van der Waals surface area contributed by atoms with Gasteiger partial charge in [-0.3, -0.25) is 10.2 Å². The average molecular weight is 246 g/mol. The molecule has 0 atom stereocenters. The van der Waals surface area contributed by atoms with Crippen molar-refractivity contribution in [2.75, 3.05) is 29.9 Å². The van der Waals surface area contributed by atoms with Crippen molar-refractivity contribution in [2.45, 2.75) is 6.92 Å². The van der Waals surface area contributed by atoms with Crippen LogP contribution < -0.4 is 20.3 Å². The maximum absolute atomic E-state index is 11.2. The Morgan fingerprint density at radius 3 is 3.00 bits per heavy atom. The van der Waals surface area contributed by atoms with Crippen LogP contribution in [-0.4, -0.2) is 31.6 Å². The van der Waals surface area contributed by atoms with Gasteiger partial charge in [-0.25, -0.2) is 0 Å². The molecule has 3 rings (SSSR count). The van der Waals surface area contributed by atoms with Gasteiger partial charge in [-0.1, -0.05) is 0 Å². The van der Waals surface area contributed by atoms with Gasteiger partial charge >= 0.3 is 0 Å². The highest BCUT2D eigenvalue weighted by atomic mass is 16.5. The van der Waals surface area contributed by atoms with Crippen LogP contribution in [0.1, 0.15) is 5.56 Å². The first-order valence-corrected chi connectivity index (χ1v) is 5.82. The third-order valence-electron chi connectivity index (χ3n) is 3.12. The SMILES string of the molecule is Cc1cc2c(cc1N1CCNC1=N)OCC(=O)N2. The van der Waals surface area contributed by atoms with Gasteiger partial charge in [-0.15, -0.1) is 0 Å². The van der Waals surface area contributed by atoms with Crippen LogP contribution in [0.25, 0.3) is 0 Å². The summed E-state index contributed by atoms with van der Waals surface area (Å²) in [5, 5.41) is 13.6. The molecule has 0 radical (unpaired) electrons. The number of carbonyl (C=O) groups excluding carboxylic acids is 1. The fourth-order valence-electron chi connectivity index (χ4n) is 2.25. The minimum Gasteiger partial charge on any atom is -0.482 e. The van der Waals surface area contributed by atoms with E-state index in [0.29, 0.717) is 17.4 Å². The number of hydrogen-bond donors (Lipinski definition) is 3. The molecule has 1 fully saturated rings. The molecule has 2 heterocycles. The predicted octanol–water partition coefficient (Wildman–Crippen LogP) is 0.670. The number of anilines is 2. The molecular formula is C12H14N4O2. The van der Waals surface area contributed by atoms with Crippen molar-refractivity contribution in [3.8, 4) is 5.75 Å². The Morgan fingerprint density at radius 2 is 2.28 bits per heavy atom. The number of hydrogen-bond acceptors (Lipinski definition) is 3. The summed E-state index contributed by atoms with van der Waals surface area (Å²) in [5.41, 5.74) is 2.65. The summed E-state index contributed by atoms with van der Waals surface area (Å²) in [6.45, 7) is 3.55. The standard InChI is InChI=1S/C12H14N4O2/c1-7-4-8-10(18-6-11(17)15-8)5-9(7)16-3-2-14-12(16)13/h4-5H,2-3,6H2,1H3,(H2,13,14)(H,15,17). The van der Waals surface area contributed by atoms with Crippen LogP contribution in [0.3, 0.4) is 0 Å². The lowest BCUT2D eigenvalue weighted by atomic mass is 10.1. The first-order valence-electron chi connectivity index (χ1n) is 5.82.